The molecule has 1 aromatic rings. The zero-order chi connectivity index (χ0) is 13.5. The molecule has 17 heavy (non-hydrogen) atoms. The lowest BCUT2D eigenvalue weighted by molar-refractivity contribution is -0.137. The summed E-state index contributed by atoms with van der Waals surface area (Å²) in [6.07, 6.45) is -4.24. The van der Waals surface area contributed by atoms with E-state index in [0.717, 1.165) is 24.2 Å². The largest absolute Gasteiger partial charge is 0.416 e. The lowest BCUT2D eigenvalue weighted by atomic mass is 10.1. The Hall–Kier alpha value is -1.03. The summed E-state index contributed by atoms with van der Waals surface area (Å²) in [5.41, 5.74) is 0.303. The van der Waals surface area contributed by atoms with Crippen molar-refractivity contribution in [1.29, 1.82) is 0 Å². The van der Waals surface area contributed by atoms with Gasteiger partial charge in [0.1, 0.15) is 0 Å². The fourth-order valence-electron chi connectivity index (χ4n) is 1.22. The number of hydrogen-bond acceptors (Lipinski definition) is 1. The lowest BCUT2D eigenvalue weighted by Gasteiger charge is -2.14. The molecular weight excluding hydrogens is 227 g/mol. The topological polar surface area (TPSA) is 3.24 Å². The molecule has 0 amide bonds. The van der Waals surface area contributed by atoms with E-state index in [9.17, 15) is 13.2 Å². The molecule has 0 atom stereocenters. The first-order valence-electron chi connectivity index (χ1n) is 5.78. The number of nitrogens with zero attached hydrogens (tertiary/aromatic N) is 1. The van der Waals surface area contributed by atoms with Crippen molar-refractivity contribution in [3.63, 3.8) is 0 Å². The van der Waals surface area contributed by atoms with E-state index >= 15 is 0 Å². The second kappa shape index (κ2) is 7.33. The normalized spacial score (nSPS) is 11.1. The lowest BCUT2D eigenvalue weighted by Crippen LogP contribution is -2.16. The molecule has 0 N–H and O–H groups in total. The van der Waals surface area contributed by atoms with Crippen LogP contribution in [0.2, 0.25) is 0 Å². The first-order chi connectivity index (χ1) is 7.93. The first kappa shape index (κ1) is 16.0. The van der Waals surface area contributed by atoms with Crippen molar-refractivity contribution in [3.8, 4) is 0 Å². The summed E-state index contributed by atoms with van der Waals surface area (Å²) >= 11 is 0. The van der Waals surface area contributed by atoms with Gasteiger partial charge in [0, 0.05) is 6.54 Å². The van der Waals surface area contributed by atoms with Gasteiger partial charge in [-0.3, -0.25) is 0 Å². The molecule has 98 valence electrons. The molecular formula is C13H20F3N. The maximum Gasteiger partial charge on any atom is 0.416 e. The van der Waals surface area contributed by atoms with Crippen molar-refractivity contribution in [2.75, 3.05) is 13.6 Å². The SMILES string of the molecule is CC.CCN(C)Cc1ccc(C(F)(F)F)cc1. The van der Waals surface area contributed by atoms with E-state index in [1.165, 1.54) is 12.1 Å². The van der Waals surface area contributed by atoms with Gasteiger partial charge in [0.25, 0.3) is 0 Å². The van der Waals surface area contributed by atoms with Crippen molar-refractivity contribution in [1.82, 2.24) is 4.90 Å². The minimum atomic E-state index is -4.24. The van der Waals surface area contributed by atoms with Crippen molar-refractivity contribution in [2.45, 2.75) is 33.5 Å². The smallest absolute Gasteiger partial charge is 0.302 e. The molecule has 1 nitrogen and oxygen atoms in total. The summed E-state index contributed by atoms with van der Waals surface area (Å²) in [6, 6.07) is 5.29. The highest BCUT2D eigenvalue weighted by Gasteiger charge is 2.29. The standard InChI is InChI=1S/C11H14F3N.C2H6/c1-3-15(2)8-9-4-6-10(7-5-9)11(12,13)14;1-2/h4-7H,3,8H2,1-2H3;1-2H3. The van der Waals surface area contributed by atoms with Crippen molar-refractivity contribution in [3.05, 3.63) is 35.4 Å². The predicted octanol–water partition coefficient (Wildman–Crippen LogP) is 4.18. The van der Waals surface area contributed by atoms with Crippen LogP contribution in [0.1, 0.15) is 31.9 Å². The quantitative estimate of drug-likeness (QED) is 0.774. The monoisotopic (exact) mass is 247 g/mol. The van der Waals surface area contributed by atoms with Gasteiger partial charge in [-0.1, -0.05) is 32.9 Å². The van der Waals surface area contributed by atoms with Gasteiger partial charge in [0.05, 0.1) is 5.56 Å². The van der Waals surface area contributed by atoms with Crippen LogP contribution in [0.4, 0.5) is 13.2 Å². The molecule has 4 heteroatoms. The molecule has 0 aliphatic heterocycles. The Morgan fingerprint density at radius 1 is 1.06 bits per heavy atom. The van der Waals surface area contributed by atoms with Crippen LogP contribution < -0.4 is 0 Å². The fraction of sp³-hybridized carbons (Fsp3) is 0.538. The summed E-state index contributed by atoms with van der Waals surface area (Å²) < 4.78 is 36.7. The molecule has 0 heterocycles. The Balaban J connectivity index is 0.00000121. The van der Waals surface area contributed by atoms with Crippen molar-refractivity contribution in [2.24, 2.45) is 0 Å². The van der Waals surface area contributed by atoms with Crippen molar-refractivity contribution < 1.29 is 13.2 Å². The second-order valence-electron chi connectivity index (χ2n) is 3.53. The van der Waals surface area contributed by atoms with Gasteiger partial charge < -0.3 is 4.90 Å². The van der Waals surface area contributed by atoms with Gasteiger partial charge in [-0.25, -0.2) is 0 Å². The summed E-state index contributed by atoms with van der Waals surface area (Å²) in [5, 5.41) is 0. The average Bonchev–Trinajstić information content (AvgIpc) is 2.31. The number of rotatable bonds is 3. The van der Waals surface area contributed by atoms with Gasteiger partial charge >= 0.3 is 6.18 Å². The highest BCUT2D eigenvalue weighted by atomic mass is 19.4. The Bertz CT molecular complexity index is 303. The molecule has 0 spiro atoms. The van der Waals surface area contributed by atoms with Gasteiger partial charge in [-0.15, -0.1) is 0 Å². The highest BCUT2D eigenvalue weighted by molar-refractivity contribution is 5.24. The van der Waals surface area contributed by atoms with E-state index < -0.39 is 11.7 Å². The molecule has 0 saturated heterocycles. The van der Waals surface area contributed by atoms with E-state index in [1.807, 2.05) is 32.7 Å². The minimum Gasteiger partial charge on any atom is -0.302 e. The van der Waals surface area contributed by atoms with E-state index in [-0.39, 0.29) is 0 Å². The van der Waals surface area contributed by atoms with Crippen LogP contribution in [-0.2, 0) is 12.7 Å². The van der Waals surface area contributed by atoms with E-state index in [2.05, 4.69) is 0 Å². The Morgan fingerprint density at radius 3 is 1.88 bits per heavy atom. The Labute approximate surface area is 101 Å². The minimum absolute atomic E-state index is 0.592. The van der Waals surface area contributed by atoms with E-state index in [1.54, 1.807) is 0 Å². The summed E-state index contributed by atoms with van der Waals surface area (Å²) in [6.45, 7) is 7.56. The van der Waals surface area contributed by atoms with Crippen LogP contribution in [0.25, 0.3) is 0 Å². The molecule has 1 rings (SSSR count). The van der Waals surface area contributed by atoms with Crippen molar-refractivity contribution >= 4 is 0 Å². The van der Waals surface area contributed by atoms with Gasteiger partial charge in [-0.2, -0.15) is 13.2 Å². The number of hydrogen-bond donors (Lipinski definition) is 0. The van der Waals surface area contributed by atoms with Crippen LogP contribution in [0, 0.1) is 0 Å². The summed E-state index contributed by atoms with van der Waals surface area (Å²) in [5.74, 6) is 0. The molecule has 0 bridgehead atoms. The summed E-state index contributed by atoms with van der Waals surface area (Å²) in [4.78, 5) is 2.03. The van der Waals surface area contributed by atoms with E-state index in [0.29, 0.717) is 6.54 Å². The zero-order valence-corrected chi connectivity index (χ0v) is 10.8. The Kier molecular flexibility index (Phi) is 6.88. The maximum atomic E-state index is 12.2. The fourth-order valence-corrected chi connectivity index (χ4v) is 1.22. The molecule has 0 fully saturated rings. The molecule has 0 unspecified atom stereocenters. The van der Waals surface area contributed by atoms with Crippen LogP contribution in [0.15, 0.2) is 24.3 Å². The van der Waals surface area contributed by atoms with Crippen LogP contribution in [-0.4, -0.2) is 18.5 Å². The van der Waals surface area contributed by atoms with Gasteiger partial charge in [0.2, 0.25) is 0 Å². The van der Waals surface area contributed by atoms with Crippen LogP contribution in [0.5, 0.6) is 0 Å². The van der Waals surface area contributed by atoms with Gasteiger partial charge in [-0.05, 0) is 31.3 Å². The third-order valence-electron chi connectivity index (χ3n) is 2.27. The molecule has 0 aromatic heterocycles. The third kappa shape index (κ3) is 5.73. The second-order valence-corrected chi connectivity index (χ2v) is 3.53. The number of alkyl halides is 3. The molecule has 0 aliphatic rings. The first-order valence-corrected chi connectivity index (χ1v) is 5.78. The van der Waals surface area contributed by atoms with Gasteiger partial charge in [0.15, 0.2) is 0 Å². The number of halogens is 3. The molecule has 0 saturated carbocycles. The Morgan fingerprint density at radius 2 is 1.53 bits per heavy atom. The van der Waals surface area contributed by atoms with E-state index in [4.69, 9.17) is 0 Å². The molecule has 1 aromatic carbocycles. The summed E-state index contributed by atoms with van der Waals surface area (Å²) in [7, 11) is 1.93. The number of benzene rings is 1. The van der Waals surface area contributed by atoms with Crippen LogP contribution >= 0.6 is 0 Å². The zero-order valence-electron chi connectivity index (χ0n) is 10.8. The maximum absolute atomic E-state index is 12.2. The highest BCUT2D eigenvalue weighted by Crippen LogP contribution is 2.29. The predicted molar refractivity (Wildman–Crippen MR) is 64.8 cm³/mol. The average molecular weight is 247 g/mol. The van der Waals surface area contributed by atoms with Crippen LogP contribution in [0.3, 0.4) is 0 Å². The molecule has 0 radical (unpaired) electrons. The third-order valence-corrected chi connectivity index (χ3v) is 2.27. The molecule has 0 aliphatic carbocycles.